The summed E-state index contributed by atoms with van der Waals surface area (Å²) < 4.78 is 5.86. The fourth-order valence-electron chi connectivity index (χ4n) is 4.14. The Morgan fingerprint density at radius 2 is 2.04 bits per heavy atom. The molecule has 0 bridgehead atoms. The average Bonchev–Trinajstić information content (AvgIpc) is 3.15. The summed E-state index contributed by atoms with van der Waals surface area (Å²) in [4.78, 5) is 19.6. The van der Waals surface area contributed by atoms with E-state index in [1.807, 2.05) is 45.0 Å². The van der Waals surface area contributed by atoms with Crippen molar-refractivity contribution >= 4 is 11.6 Å². The minimum absolute atomic E-state index is 0.0207. The third-order valence-corrected chi connectivity index (χ3v) is 5.85. The summed E-state index contributed by atoms with van der Waals surface area (Å²) in [6, 6.07) is 3.95. The third kappa shape index (κ3) is 4.46. The number of amides is 1. The Balaban J connectivity index is 1.63. The van der Waals surface area contributed by atoms with E-state index in [0.717, 1.165) is 30.9 Å². The molecule has 0 aromatic carbocycles. The molecule has 7 heteroatoms. The summed E-state index contributed by atoms with van der Waals surface area (Å²) in [6.45, 7) is 10.9. The van der Waals surface area contributed by atoms with Crippen molar-refractivity contribution in [2.45, 2.75) is 33.7 Å². The van der Waals surface area contributed by atoms with Gasteiger partial charge >= 0.3 is 0 Å². The molecule has 1 aromatic heterocycles. The van der Waals surface area contributed by atoms with E-state index in [0.29, 0.717) is 17.7 Å². The quantitative estimate of drug-likeness (QED) is 0.806. The summed E-state index contributed by atoms with van der Waals surface area (Å²) in [5.41, 5.74) is 1.48. The van der Waals surface area contributed by atoms with Crippen LogP contribution in [0.1, 0.15) is 26.3 Å². The second-order valence-corrected chi connectivity index (χ2v) is 8.95. The molecule has 1 saturated heterocycles. The van der Waals surface area contributed by atoms with Crippen LogP contribution in [0.2, 0.25) is 0 Å². The fraction of sp³-hybridized carbons (Fsp3) is 0.667. The number of carbonyl (C=O) groups excluding carboxylic acids is 1. The van der Waals surface area contributed by atoms with Crippen LogP contribution in [0.4, 0.5) is 0 Å². The number of pyridine rings is 1. The zero-order valence-electron chi connectivity index (χ0n) is 17.9. The van der Waals surface area contributed by atoms with Gasteiger partial charge in [-0.1, -0.05) is 6.07 Å². The molecule has 1 amide bonds. The van der Waals surface area contributed by atoms with Crippen molar-refractivity contribution in [2.75, 3.05) is 40.3 Å². The van der Waals surface area contributed by atoms with E-state index in [1.165, 1.54) is 0 Å². The first-order valence-electron chi connectivity index (χ1n) is 9.97. The molecule has 0 spiro atoms. The van der Waals surface area contributed by atoms with Crippen molar-refractivity contribution in [3.05, 3.63) is 23.9 Å². The van der Waals surface area contributed by atoms with Gasteiger partial charge in [-0.25, -0.2) is 4.98 Å². The zero-order chi connectivity index (χ0) is 20.5. The highest BCUT2D eigenvalue weighted by atomic mass is 16.5. The lowest BCUT2D eigenvalue weighted by Crippen LogP contribution is -2.50. The van der Waals surface area contributed by atoms with E-state index < -0.39 is 5.41 Å². The number of carbonyl (C=O) groups is 1. The van der Waals surface area contributed by atoms with E-state index >= 15 is 0 Å². The summed E-state index contributed by atoms with van der Waals surface area (Å²) in [7, 11) is 4.12. The molecule has 7 nitrogen and oxygen atoms in total. The topological polar surface area (TPSA) is 70.1 Å². The highest BCUT2D eigenvalue weighted by Crippen LogP contribution is 2.30. The van der Waals surface area contributed by atoms with Gasteiger partial charge < -0.3 is 15.0 Å². The second kappa shape index (κ2) is 8.07. The van der Waals surface area contributed by atoms with E-state index in [-0.39, 0.29) is 18.6 Å². The Kier molecular flexibility index (Phi) is 5.93. The maximum atomic E-state index is 13.1. The third-order valence-electron chi connectivity index (χ3n) is 5.85. The first-order valence-corrected chi connectivity index (χ1v) is 9.97. The summed E-state index contributed by atoms with van der Waals surface area (Å²) >= 11 is 0. The fourth-order valence-corrected chi connectivity index (χ4v) is 4.14. The lowest BCUT2D eigenvalue weighted by atomic mass is 9.84. The van der Waals surface area contributed by atoms with Crippen LogP contribution >= 0.6 is 0 Å². The maximum Gasteiger partial charge on any atom is 0.229 e. The molecular weight excluding hydrogens is 354 g/mol. The molecule has 3 atom stereocenters. The van der Waals surface area contributed by atoms with Crippen molar-refractivity contribution in [2.24, 2.45) is 22.4 Å². The predicted molar refractivity (Wildman–Crippen MR) is 110 cm³/mol. The zero-order valence-corrected chi connectivity index (χ0v) is 17.9. The van der Waals surface area contributed by atoms with Gasteiger partial charge in [0.1, 0.15) is 6.61 Å². The van der Waals surface area contributed by atoms with Crippen LogP contribution in [0.25, 0.3) is 0 Å². The van der Waals surface area contributed by atoms with E-state index in [1.54, 1.807) is 6.20 Å². The standard InChI is InChI=1S/C21H33N5O2/c1-14-8-7-9-22-19(14)28-13-21(3,4)20(27)23-18-12-25(5)10-17(18)16-11-26(6)24-15(16)2/h7-9,16-18H,10-13H2,1-6H3,(H,23,27)/t16?,17-,18+/m0/s1. The number of hydrazone groups is 1. The highest BCUT2D eigenvalue weighted by molar-refractivity contribution is 5.86. The number of nitrogens with one attached hydrogen (secondary N) is 1. The van der Waals surface area contributed by atoms with Gasteiger partial charge in [0.2, 0.25) is 11.8 Å². The van der Waals surface area contributed by atoms with Crippen molar-refractivity contribution in [1.82, 2.24) is 20.2 Å². The number of rotatable bonds is 6. The average molecular weight is 388 g/mol. The Labute approximate surface area is 168 Å². The molecule has 2 aliphatic heterocycles. The molecule has 28 heavy (non-hydrogen) atoms. The Morgan fingerprint density at radius 3 is 2.68 bits per heavy atom. The van der Waals surface area contributed by atoms with Gasteiger partial charge in [-0.05, 0) is 40.8 Å². The van der Waals surface area contributed by atoms with Gasteiger partial charge in [-0.2, -0.15) is 5.10 Å². The molecular formula is C21H33N5O2. The molecule has 154 valence electrons. The molecule has 0 radical (unpaired) electrons. The van der Waals surface area contributed by atoms with Crippen molar-refractivity contribution < 1.29 is 9.53 Å². The summed E-state index contributed by atoms with van der Waals surface area (Å²) in [5.74, 6) is 1.36. The van der Waals surface area contributed by atoms with E-state index in [2.05, 4.69) is 34.3 Å². The predicted octanol–water partition coefficient (Wildman–Crippen LogP) is 1.78. The number of hydrogen-bond acceptors (Lipinski definition) is 6. The highest BCUT2D eigenvalue weighted by Gasteiger charge is 2.42. The van der Waals surface area contributed by atoms with Gasteiger partial charge in [0.25, 0.3) is 0 Å². The van der Waals surface area contributed by atoms with Crippen LogP contribution in [0, 0.1) is 24.2 Å². The second-order valence-electron chi connectivity index (χ2n) is 8.95. The lowest BCUT2D eigenvalue weighted by Gasteiger charge is -2.30. The van der Waals surface area contributed by atoms with Crippen LogP contribution in [-0.2, 0) is 4.79 Å². The number of nitrogens with zero attached hydrogens (tertiary/aromatic N) is 4. The SMILES string of the molecule is CC1=NN(C)CC1[C@@H]1CN(C)C[C@H]1NC(=O)C(C)(C)COc1ncccc1C. The van der Waals surface area contributed by atoms with Crippen LogP contribution in [-0.4, -0.2) is 72.9 Å². The number of hydrogen-bond donors (Lipinski definition) is 1. The molecule has 0 aliphatic carbocycles. The minimum Gasteiger partial charge on any atom is -0.476 e. The van der Waals surface area contributed by atoms with E-state index in [4.69, 9.17) is 4.74 Å². The molecule has 1 unspecified atom stereocenters. The van der Waals surface area contributed by atoms with Gasteiger partial charge in [-0.15, -0.1) is 0 Å². The Hall–Kier alpha value is -2.15. The molecule has 1 fully saturated rings. The van der Waals surface area contributed by atoms with Crippen LogP contribution in [0.5, 0.6) is 5.88 Å². The van der Waals surface area contributed by atoms with Gasteiger partial charge in [-0.3, -0.25) is 9.80 Å². The first-order chi connectivity index (χ1) is 13.2. The van der Waals surface area contributed by atoms with Crippen molar-refractivity contribution in [1.29, 1.82) is 0 Å². The lowest BCUT2D eigenvalue weighted by molar-refractivity contribution is -0.131. The molecule has 1 N–H and O–H groups in total. The largest absolute Gasteiger partial charge is 0.476 e. The molecule has 2 aliphatic rings. The van der Waals surface area contributed by atoms with Crippen molar-refractivity contribution in [3.8, 4) is 5.88 Å². The number of ether oxygens (including phenoxy) is 1. The smallest absolute Gasteiger partial charge is 0.229 e. The molecule has 3 heterocycles. The number of aryl methyl sites for hydroxylation is 1. The van der Waals surface area contributed by atoms with Crippen molar-refractivity contribution in [3.63, 3.8) is 0 Å². The molecule has 3 rings (SSSR count). The normalized spacial score (nSPS) is 25.7. The molecule has 0 saturated carbocycles. The van der Waals surface area contributed by atoms with Gasteiger partial charge in [0, 0.05) is 62.0 Å². The Morgan fingerprint density at radius 1 is 1.29 bits per heavy atom. The van der Waals surface area contributed by atoms with Crippen LogP contribution < -0.4 is 10.1 Å². The molecule has 1 aromatic rings. The monoisotopic (exact) mass is 387 g/mol. The van der Waals surface area contributed by atoms with E-state index in [9.17, 15) is 4.79 Å². The Bertz CT molecular complexity index is 748. The van der Waals surface area contributed by atoms with Gasteiger partial charge in [0.05, 0.1) is 5.41 Å². The number of likely N-dealkylation sites (N-methyl/N-ethyl adjacent to an activating group) is 1. The van der Waals surface area contributed by atoms with Gasteiger partial charge in [0.15, 0.2) is 0 Å². The number of likely N-dealkylation sites (tertiary alicyclic amines) is 1. The summed E-state index contributed by atoms with van der Waals surface area (Å²) in [6.07, 6.45) is 1.71. The van der Waals surface area contributed by atoms with Crippen LogP contribution in [0.15, 0.2) is 23.4 Å². The van der Waals surface area contributed by atoms with Crippen LogP contribution in [0.3, 0.4) is 0 Å². The number of aromatic nitrogens is 1. The maximum absolute atomic E-state index is 13.1. The summed E-state index contributed by atoms with van der Waals surface area (Å²) in [5, 5.41) is 9.88. The minimum atomic E-state index is -0.648. The first kappa shape index (κ1) is 20.6.